The summed E-state index contributed by atoms with van der Waals surface area (Å²) in [6, 6.07) is 8.07. The largest absolute Gasteiger partial charge is 0.497 e. The first-order chi connectivity index (χ1) is 6.86. The molecule has 1 aromatic rings. The quantitative estimate of drug-likeness (QED) is 0.559. The van der Waals surface area contributed by atoms with Gasteiger partial charge < -0.3 is 10.1 Å². The van der Waals surface area contributed by atoms with E-state index in [9.17, 15) is 0 Å². The lowest BCUT2D eigenvalue weighted by Gasteiger charge is -2.03. The standard InChI is InChI=1S/C12H15NO/c1-3-9-13-10-8-11-4-6-12(14-2)7-5-11/h1,4-7,13H,8-10H2,2H3. The SMILES string of the molecule is C#CCNCCc1ccc(OC)cc1. The first-order valence-electron chi connectivity index (χ1n) is 4.64. The molecule has 1 N–H and O–H groups in total. The van der Waals surface area contributed by atoms with E-state index in [-0.39, 0.29) is 0 Å². The van der Waals surface area contributed by atoms with Crippen LogP contribution >= 0.6 is 0 Å². The molecule has 2 heteroatoms. The maximum absolute atomic E-state index is 5.12. The van der Waals surface area contributed by atoms with Gasteiger partial charge in [0.1, 0.15) is 5.75 Å². The first-order valence-corrected chi connectivity index (χ1v) is 4.64. The molecule has 0 aromatic heterocycles. The van der Waals surface area contributed by atoms with Gasteiger partial charge in [-0.25, -0.2) is 0 Å². The van der Waals surface area contributed by atoms with E-state index in [1.54, 1.807) is 7.11 Å². The minimum absolute atomic E-state index is 0.635. The van der Waals surface area contributed by atoms with Gasteiger partial charge in [-0.3, -0.25) is 0 Å². The molecule has 0 bridgehead atoms. The number of terminal acetylenes is 1. The fourth-order valence-electron chi connectivity index (χ4n) is 1.19. The average molecular weight is 189 g/mol. The zero-order chi connectivity index (χ0) is 10.2. The molecule has 0 unspecified atom stereocenters. The van der Waals surface area contributed by atoms with Gasteiger partial charge in [-0.15, -0.1) is 6.42 Å². The molecule has 0 fully saturated rings. The molecule has 0 atom stereocenters. The second-order valence-corrected chi connectivity index (χ2v) is 2.98. The highest BCUT2D eigenvalue weighted by atomic mass is 16.5. The lowest BCUT2D eigenvalue weighted by atomic mass is 10.1. The predicted octanol–water partition coefficient (Wildman–Crippen LogP) is 1.46. The average Bonchev–Trinajstić information content (AvgIpc) is 2.25. The fraction of sp³-hybridized carbons (Fsp3) is 0.333. The normalized spacial score (nSPS) is 9.43. The van der Waals surface area contributed by atoms with Crippen molar-refractivity contribution in [3.05, 3.63) is 29.8 Å². The maximum Gasteiger partial charge on any atom is 0.118 e. The Balaban J connectivity index is 2.33. The summed E-state index contributed by atoms with van der Waals surface area (Å²) in [4.78, 5) is 0. The van der Waals surface area contributed by atoms with Crippen molar-refractivity contribution < 1.29 is 4.74 Å². The lowest BCUT2D eigenvalue weighted by Crippen LogP contribution is -2.17. The van der Waals surface area contributed by atoms with Gasteiger partial charge in [-0.1, -0.05) is 18.1 Å². The molecule has 0 saturated carbocycles. The Morgan fingerprint density at radius 1 is 1.36 bits per heavy atom. The molecule has 0 spiro atoms. The summed E-state index contributed by atoms with van der Waals surface area (Å²) in [5.74, 6) is 3.43. The van der Waals surface area contributed by atoms with E-state index in [1.807, 2.05) is 12.1 Å². The Morgan fingerprint density at radius 2 is 2.07 bits per heavy atom. The number of hydrogen-bond acceptors (Lipinski definition) is 2. The third-order valence-electron chi connectivity index (χ3n) is 1.98. The highest BCUT2D eigenvalue weighted by molar-refractivity contribution is 5.27. The van der Waals surface area contributed by atoms with Gasteiger partial charge >= 0.3 is 0 Å². The summed E-state index contributed by atoms with van der Waals surface area (Å²) in [5.41, 5.74) is 1.29. The molecule has 74 valence electrons. The molecule has 0 amide bonds. The first kappa shape index (κ1) is 10.6. The van der Waals surface area contributed by atoms with Gasteiger partial charge in [-0.2, -0.15) is 0 Å². The summed E-state index contributed by atoms with van der Waals surface area (Å²) < 4.78 is 5.07. The fourth-order valence-corrected chi connectivity index (χ4v) is 1.19. The highest BCUT2D eigenvalue weighted by Gasteiger charge is 1.93. The molecule has 0 aliphatic rings. The van der Waals surface area contributed by atoms with E-state index >= 15 is 0 Å². The molecular formula is C12H15NO. The third-order valence-corrected chi connectivity index (χ3v) is 1.98. The molecular weight excluding hydrogens is 174 g/mol. The summed E-state index contributed by atoms with van der Waals surface area (Å²) in [6.45, 7) is 1.55. The van der Waals surface area contributed by atoms with E-state index in [4.69, 9.17) is 11.2 Å². The van der Waals surface area contributed by atoms with Gasteiger partial charge in [0.15, 0.2) is 0 Å². The van der Waals surface area contributed by atoms with Crippen LogP contribution in [0.2, 0.25) is 0 Å². The molecule has 0 aliphatic heterocycles. The molecule has 1 rings (SSSR count). The Hall–Kier alpha value is -1.46. The van der Waals surface area contributed by atoms with Gasteiger partial charge in [0, 0.05) is 6.54 Å². The Labute approximate surface area is 85.3 Å². The van der Waals surface area contributed by atoms with Crippen LogP contribution in [0.5, 0.6) is 5.75 Å². The van der Waals surface area contributed by atoms with E-state index in [0.29, 0.717) is 6.54 Å². The van der Waals surface area contributed by atoms with Crippen LogP contribution in [0.15, 0.2) is 24.3 Å². The smallest absolute Gasteiger partial charge is 0.118 e. The minimum atomic E-state index is 0.635. The third kappa shape index (κ3) is 3.51. The number of nitrogens with one attached hydrogen (secondary N) is 1. The van der Waals surface area contributed by atoms with Gasteiger partial charge in [0.25, 0.3) is 0 Å². The summed E-state index contributed by atoms with van der Waals surface area (Å²) in [6.07, 6.45) is 6.11. The highest BCUT2D eigenvalue weighted by Crippen LogP contribution is 2.11. The number of rotatable bonds is 5. The van der Waals surface area contributed by atoms with Crippen molar-refractivity contribution in [3.8, 4) is 18.1 Å². The van der Waals surface area contributed by atoms with Gasteiger partial charge in [-0.05, 0) is 24.1 Å². The van der Waals surface area contributed by atoms with E-state index in [1.165, 1.54) is 5.56 Å². The lowest BCUT2D eigenvalue weighted by molar-refractivity contribution is 0.414. The number of hydrogen-bond donors (Lipinski definition) is 1. The van der Waals surface area contributed by atoms with Crippen molar-refractivity contribution in [2.45, 2.75) is 6.42 Å². The van der Waals surface area contributed by atoms with Crippen molar-refractivity contribution in [1.29, 1.82) is 0 Å². The van der Waals surface area contributed by atoms with Crippen LogP contribution in [0.25, 0.3) is 0 Å². The summed E-state index contributed by atoms with van der Waals surface area (Å²) >= 11 is 0. The second-order valence-electron chi connectivity index (χ2n) is 2.98. The number of methoxy groups -OCH3 is 1. The van der Waals surface area contributed by atoms with Crippen LogP contribution in [0.4, 0.5) is 0 Å². The Morgan fingerprint density at radius 3 is 2.64 bits per heavy atom. The number of ether oxygens (including phenoxy) is 1. The van der Waals surface area contributed by atoms with Crippen molar-refractivity contribution in [2.24, 2.45) is 0 Å². The van der Waals surface area contributed by atoms with E-state index in [0.717, 1.165) is 18.7 Å². The van der Waals surface area contributed by atoms with Crippen LogP contribution in [-0.4, -0.2) is 20.2 Å². The monoisotopic (exact) mass is 189 g/mol. The van der Waals surface area contributed by atoms with Crippen LogP contribution < -0.4 is 10.1 Å². The molecule has 0 aliphatic carbocycles. The molecule has 0 saturated heterocycles. The number of benzene rings is 1. The molecule has 14 heavy (non-hydrogen) atoms. The van der Waals surface area contributed by atoms with Crippen molar-refractivity contribution in [1.82, 2.24) is 5.32 Å². The molecule has 0 heterocycles. The van der Waals surface area contributed by atoms with Crippen LogP contribution in [0, 0.1) is 12.3 Å². The van der Waals surface area contributed by atoms with Gasteiger partial charge in [0.05, 0.1) is 13.7 Å². The molecule has 1 aromatic carbocycles. The minimum Gasteiger partial charge on any atom is -0.497 e. The maximum atomic E-state index is 5.12. The topological polar surface area (TPSA) is 21.3 Å². The zero-order valence-electron chi connectivity index (χ0n) is 8.42. The Bertz CT molecular complexity index is 297. The van der Waals surface area contributed by atoms with Crippen molar-refractivity contribution in [3.63, 3.8) is 0 Å². The van der Waals surface area contributed by atoms with E-state index in [2.05, 4.69) is 23.4 Å². The summed E-state index contributed by atoms with van der Waals surface area (Å²) in [7, 11) is 1.67. The molecule has 2 nitrogen and oxygen atoms in total. The van der Waals surface area contributed by atoms with Crippen molar-refractivity contribution >= 4 is 0 Å². The van der Waals surface area contributed by atoms with Gasteiger partial charge in [0.2, 0.25) is 0 Å². The van der Waals surface area contributed by atoms with Crippen LogP contribution in [0.3, 0.4) is 0 Å². The predicted molar refractivity (Wildman–Crippen MR) is 58.4 cm³/mol. The van der Waals surface area contributed by atoms with Crippen LogP contribution in [0.1, 0.15) is 5.56 Å². The van der Waals surface area contributed by atoms with Crippen LogP contribution in [-0.2, 0) is 6.42 Å². The zero-order valence-corrected chi connectivity index (χ0v) is 8.42. The summed E-state index contributed by atoms with van der Waals surface area (Å²) in [5, 5.41) is 3.14. The molecule has 0 radical (unpaired) electrons. The second kappa shape index (κ2) is 6.06. The van der Waals surface area contributed by atoms with E-state index < -0.39 is 0 Å². The Kier molecular flexibility index (Phi) is 4.60. The van der Waals surface area contributed by atoms with Crippen molar-refractivity contribution in [2.75, 3.05) is 20.2 Å².